The van der Waals surface area contributed by atoms with Gasteiger partial charge in [-0.15, -0.1) is 10.2 Å². The molecule has 4 heterocycles. The molecule has 0 aliphatic heterocycles. The first-order valence-electron chi connectivity index (χ1n) is 7.32. The number of H-pyrrole nitrogens is 1. The second-order valence-electron chi connectivity index (χ2n) is 5.29. The molecular weight excluding hydrogens is 322 g/mol. The summed E-state index contributed by atoms with van der Waals surface area (Å²) in [7, 11) is 0. The molecule has 8 heteroatoms. The smallest absolute Gasteiger partial charge is 0.210 e. The average Bonchev–Trinajstić information content (AvgIpc) is 3.34. The third-order valence-electron chi connectivity index (χ3n) is 3.77. The fourth-order valence-corrected chi connectivity index (χ4v) is 3.43. The second kappa shape index (κ2) is 5.14. The molecule has 0 saturated heterocycles. The highest BCUT2D eigenvalue weighted by atomic mass is 32.1. The van der Waals surface area contributed by atoms with Crippen LogP contribution in [-0.2, 0) is 0 Å². The quantitative estimate of drug-likeness (QED) is 0.528. The highest BCUT2D eigenvalue weighted by Crippen LogP contribution is 2.30. The van der Waals surface area contributed by atoms with Crippen molar-refractivity contribution in [2.24, 2.45) is 0 Å². The molecule has 0 bridgehead atoms. The van der Waals surface area contributed by atoms with Crippen molar-refractivity contribution in [1.82, 2.24) is 29.8 Å². The molecule has 5 rings (SSSR count). The summed E-state index contributed by atoms with van der Waals surface area (Å²) in [5.41, 5.74) is 3.80. The lowest BCUT2D eigenvalue weighted by Gasteiger charge is -2.01. The number of fused-ring (bicyclic) bond motifs is 2. The summed E-state index contributed by atoms with van der Waals surface area (Å²) in [5, 5.41) is 21.4. The Bertz CT molecular complexity index is 1150. The topological polar surface area (TPSA) is 83.8 Å². The van der Waals surface area contributed by atoms with Gasteiger partial charge in [0.2, 0.25) is 5.13 Å². The molecule has 5 aromatic rings. The zero-order valence-corrected chi connectivity index (χ0v) is 13.2. The van der Waals surface area contributed by atoms with E-state index < -0.39 is 0 Å². The molecule has 0 atom stereocenters. The second-order valence-corrected chi connectivity index (χ2v) is 6.27. The Hall–Kier alpha value is -3.26. The lowest BCUT2D eigenvalue weighted by molar-refractivity contribution is 1.09. The van der Waals surface area contributed by atoms with Crippen molar-refractivity contribution in [1.29, 1.82) is 0 Å². The zero-order valence-electron chi connectivity index (χ0n) is 12.3. The van der Waals surface area contributed by atoms with Crippen molar-refractivity contribution in [2.45, 2.75) is 0 Å². The van der Waals surface area contributed by atoms with Crippen LogP contribution >= 0.6 is 11.3 Å². The Morgan fingerprint density at radius 3 is 3.12 bits per heavy atom. The lowest BCUT2D eigenvalue weighted by atomic mass is 10.2. The van der Waals surface area contributed by atoms with E-state index in [4.69, 9.17) is 0 Å². The molecule has 116 valence electrons. The fourth-order valence-electron chi connectivity index (χ4n) is 2.64. The summed E-state index contributed by atoms with van der Waals surface area (Å²) >= 11 is 1.50. The maximum Gasteiger partial charge on any atom is 0.210 e. The minimum atomic E-state index is 0.737. The van der Waals surface area contributed by atoms with E-state index in [1.165, 1.54) is 11.3 Å². The molecule has 1 aromatic carbocycles. The van der Waals surface area contributed by atoms with Gasteiger partial charge in [-0.2, -0.15) is 5.10 Å². The van der Waals surface area contributed by atoms with Crippen LogP contribution in [0.3, 0.4) is 0 Å². The molecule has 4 aromatic heterocycles. The van der Waals surface area contributed by atoms with Crippen molar-refractivity contribution >= 4 is 38.7 Å². The highest BCUT2D eigenvalue weighted by molar-refractivity contribution is 7.18. The molecule has 0 spiro atoms. The third-order valence-corrected chi connectivity index (χ3v) is 4.64. The van der Waals surface area contributed by atoms with Crippen molar-refractivity contribution in [3.8, 4) is 10.6 Å². The molecule has 7 nitrogen and oxygen atoms in total. The molecule has 0 unspecified atom stereocenters. The Morgan fingerprint density at radius 1 is 1.12 bits per heavy atom. The largest absolute Gasteiger partial charge is 0.330 e. The number of pyridine rings is 1. The van der Waals surface area contributed by atoms with E-state index in [1.54, 1.807) is 12.4 Å². The average molecular weight is 333 g/mol. The molecule has 0 aliphatic carbocycles. The minimum Gasteiger partial charge on any atom is -0.330 e. The van der Waals surface area contributed by atoms with Crippen LogP contribution in [0.25, 0.3) is 27.1 Å². The van der Waals surface area contributed by atoms with Gasteiger partial charge in [0.05, 0.1) is 17.3 Å². The summed E-state index contributed by atoms with van der Waals surface area (Å²) < 4.78 is 1.97. The maximum atomic E-state index is 4.39. The van der Waals surface area contributed by atoms with Gasteiger partial charge in [0.15, 0.2) is 5.01 Å². The van der Waals surface area contributed by atoms with Crippen molar-refractivity contribution in [3.63, 3.8) is 0 Å². The number of rotatable bonds is 3. The summed E-state index contributed by atoms with van der Waals surface area (Å²) in [6.07, 6.45) is 7.45. The van der Waals surface area contributed by atoms with Crippen LogP contribution in [0.5, 0.6) is 0 Å². The molecule has 0 radical (unpaired) electrons. The Balaban J connectivity index is 1.49. The zero-order chi connectivity index (χ0) is 15.9. The van der Waals surface area contributed by atoms with Gasteiger partial charge in [0, 0.05) is 29.7 Å². The van der Waals surface area contributed by atoms with Gasteiger partial charge >= 0.3 is 0 Å². The first kappa shape index (κ1) is 13.2. The summed E-state index contributed by atoms with van der Waals surface area (Å²) in [6.45, 7) is 0. The van der Waals surface area contributed by atoms with Crippen LogP contribution in [0.1, 0.15) is 0 Å². The van der Waals surface area contributed by atoms with E-state index in [1.807, 2.05) is 47.1 Å². The molecule has 0 aliphatic rings. The SMILES string of the molecule is c1cc(-c2nnc(Nc3ccc4[nH]ncc4c3)s2)c2nccn2c1. The van der Waals surface area contributed by atoms with Crippen LogP contribution < -0.4 is 5.32 Å². The Morgan fingerprint density at radius 2 is 2.12 bits per heavy atom. The first-order valence-corrected chi connectivity index (χ1v) is 8.14. The van der Waals surface area contributed by atoms with E-state index in [9.17, 15) is 0 Å². The first-order chi connectivity index (χ1) is 11.9. The maximum absolute atomic E-state index is 4.39. The summed E-state index contributed by atoms with van der Waals surface area (Å²) in [4.78, 5) is 4.39. The lowest BCUT2D eigenvalue weighted by Crippen LogP contribution is -1.88. The van der Waals surface area contributed by atoms with Gasteiger partial charge in [0.1, 0.15) is 5.65 Å². The predicted molar refractivity (Wildman–Crippen MR) is 93.5 cm³/mol. The van der Waals surface area contributed by atoms with Gasteiger partial charge in [-0.1, -0.05) is 11.3 Å². The van der Waals surface area contributed by atoms with Crippen molar-refractivity contribution in [3.05, 3.63) is 55.1 Å². The number of anilines is 2. The summed E-state index contributed by atoms with van der Waals surface area (Å²) in [5.74, 6) is 0. The van der Waals surface area contributed by atoms with Crippen molar-refractivity contribution < 1.29 is 0 Å². The summed E-state index contributed by atoms with van der Waals surface area (Å²) in [6, 6.07) is 9.97. The number of aromatic amines is 1. The van der Waals surface area contributed by atoms with Crippen LogP contribution in [0, 0.1) is 0 Å². The minimum absolute atomic E-state index is 0.737. The number of nitrogens with one attached hydrogen (secondary N) is 2. The molecule has 24 heavy (non-hydrogen) atoms. The van der Waals surface area contributed by atoms with Gasteiger partial charge in [-0.05, 0) is 30.3 Å². The number of imidazole rings is 1. The van der Waals surface area contributed by atoms with E-state index in [0.29, 0.717) is 0 Å². The molecular formula is C16H11N7S. The molecule has 2 N–H and O–H groups in total. The van der Waals surface area contributed by atoms with Gasteiger partial charge < -0.3 is 9.72 Å². The number of hydrogen-bond donors (Lipinski definition) is 2. The fraction of sp³-hybridized carbons (Fsp3) is 0. The number of nitrogens with zero attached hydrogens (tertiary/aromatic N) is 5. The number of aromatic nitrogens is 6. The van der Waals surface area contributed by atoms with E-state index in [2.05, 4.69) is 30.7 Å². The van der Waals surface area contributed by atoms with Crippen molar-refractivity contribution in [2.75, 3.05) is 5.32 Å². The molecule has 0 saturated carbocycles. The van der Waals surface area contributed by atoms with Crippen LogP contribution in [0.4, 0.5) is 10.8 Å². The van der Waals surface area contributed by atoms with Gasteiger partial charge in [-0.25, -0.2) is 4.98 Å². The molecule has 0 amide bonds. The molecule has 0 fully saturated rings. The van der Waals surface area contributed by atoms with Crippen LogP contribution in [0.15, 0.2) is 55.1 Å². The Labute approximate surface area is 140 Å². The van der Waals surface area contributed by atoms with Gasteiger partial charge in [-0.3, -0.25) is 5.10 Å². The Kier molecular flexibility index (Phi) is 2.83. The predicted octanol–water partition coefficient (Wildman–Crippen LogP) is 3.47. The monoisotopic (exact) mass is 333 g/mol. The standard InChI is InChI=1S/C16H11N7S/c1-2-12(14-17-5-7-23(14)6-1)15-21-22-16(24-15)19-11-3-4-13-10(8-11)9-18-20-13/h1-9H,(H,18,20)(H,19,22). The van der Waals surface area contributed by atoms with Crippen LogP contribution in [0.2, 0.25) is 0 Å². The number of benzene rings is 1. The van der Waals surface area contributed by atoms with E-state index in [0.717, 1.165) is 37.9 Å². The van der Waals surface area contributed by atoms with E-state index in [-0.39, 0.29) is 0 Å². The van der Waals surface area contributed by atoms with Gasteiger partial charge in [0.25, 0.3) is 0 Å². The normalized spacial score (nSPS) is 11.3. The third kappa shape index (κ3) is 2.12. The highest BCUT2D eigenvalue weighted by Gasteiger charge is 2.11. The number of hydrogen-bond acceptors (Lipinski definition) is 6. The van der Waals surface area contributed by atoms with E-state index >= 15 is 0 Å². The van der Waals surface area contributed by atoms with Crippen LogP contribution in [-0.4, -0.2) is 29.8 Å².